The number of ether oxygens (including phenoxy) is 1. The second kappa shape index (κ2) is 6.23. The maximum absolute atomic E-state index is 11.4. The fourth-order valence-corrected chi connectivity index (χ4v) is 0.945. The average Bonchev–Trinajstić information content (AvgIpc) is 2.13. The number of rotatable bonds is 4. The second-order valence-corrected chi connectivity index (χ2v) is 3.13. The quantitative estimate of drug-likeness (QED) is 0.679. The van der Waals surface area contributed by atoms with Crippen molar-refractivity contribution in [2.45, 2.75) is 26.8 Å². The molecular weight excluding hydrogens is 184 g/mol. The van der Waals surface area contributed by atoms with Gasteiger partial charge in [0.2, 0.25) is 0 Å². The summed E-state index contributed by atoms with van der Waals surface area (Å²) in [5, 5.41) is 2.64. The van der Waals surface area contributed by atoms with Gasteiger partial charge in [-0.2, -0.15) is 0 Å². The second-order valence-electron chi connectivity index (χ2n) is 3.13. The Morgan fingerprint density at radius 1 is 1.43 bits per heavy atom. The molecule has 5 nitrogen and oxygen atoms in total. The summed E-state index contributed by atoms with van der Waals surface area (Å²) >= 11 is 0. The lowest BCUT2D eigenvalue weighted by Gasteiger charge is -2.25. The molecule has 1 N–H and O–H groups in total. The lowest BCUT2D eigenvalue weighted by atomic mass is 10.3. The van der Waals surface area contributed by atoms with E-state index in [0.717, 1.165) is 0 Å². The first-order valence-corrected chi connectivity index (χ1v) is 4.64. The van der Waals surface area contributed by atoms with Crippen LogP contribution in [0.4, 0.5) is 4.79 Å². The Kier molecular flexibility index (Phi) is 5.67. The van der Waals surface area contributed by atoms with Crippen LogP contribution >= 0.6 is 0 Å². The molecule has 0 aliphatic rings. The van der Waals surface area contributed by atoms with Crippen molar-refractivity contribution in [1.29, 1.82) is 0 Å². The Morgan fingerprint density at radius 2 is 2.00 bits per heavy atom. The van der Waals surface area contributed by atoms with Gasteiger partial charge in [0.05, 0.1) is 7.11 Å². The topological polar surface area (TPSA) is 58.6 Å². The summed E-state index contributed by atoms with van der Waals surface area (Å²) in [5.74, 6) is -0.412. The first kappa shape index (κ1) is 12.7. The Labute approximate surface area is 84.4 Å². The fourth-order valence-electron chi connectivity index (χ4n) is 0.945. The molecule has 0 saturated heterocycles. The van der Waals surface area contributed by atoms with Gasteiger partial charge in [0.25, 0.3) is 0 Å². The van der Waals surface area contributed by atoms with E-state index < -0.39 is 5.97 Å². The number of nitrogens with one attached hydrogen (secondary N) is 1. The van der Waals surface area contributed by atoms with E-state index in [1.165, 1.54) is 12.0 Å². The standard InChI is InChI=1S/C9H18N2O3/c1-5-10-9(13)11(7(2)3)6-8(12)14-4/h7H,5-6H2,1-4H3,(H,10,13). The zero-order valence-corrected chi connectivity index (χ0v) is 9.16. The molecule has 0 radical (unpaired) electrons. The molecule has 0 heterocycles. The van der Waals surface area contributed by atoms with Crippen molar-refractivity contribution in [3.05, 3.63) is 0 Å². The summed E-state index contributed by atoms with van der Waals surface area (Å²) in [5.41, 5.74) is 0. The van der Waals surface area contributed by atoms with E-state index in [2.05, 4.69) is 10.1 Å². The van der Waals surface area contributed by atoms with E-state index in [-0.39, 0.29) is 18.6 Å². The first-order chi connectivity index (χ1) is 6.52. The molecule has 5 heteroatoms. The van der Waals surface area contributed by atoms with Crippen LogP contribution in [0.25, 0.3) is 0 Å². The number of carbonyl (C=O) groups excluding carboxylic acids is 2. The third kappa shape index (κ3) is 4.11. The zero-order chi connectivity index (χ0) is 11.1. The highest BCUT2D eigenvalue weighted by molar-refractivity contribution is 5.81. The summed E-state index contributed by atoms with van der Waals surface area (Å²) in [7, 11) is 1.30. The van der Waals surface area contributed by atoms with Crippen LogP contribution in [0, 0.1) is 0 Å². The van der Waals surface area contributed by atoms with E-state index in [0.29, 0.717) is 6.54 Å². The number of hydrogen-bond acceptors (Lipinski definition) is 3. The molecular formula is C9H18N2O3. The lowest BCUT2D eigenvalue weighted by Crippen LogP contribution is -2.46. The minimum Gasteiger partial charge on any atom is -0.468 e. The van der Waals surface area contributed by atoms with Crippen LogP contribution in [-0.2, 0) is 9.53 Å². The minimum atomic E-state index is -0.412. The Hall–Kier alpha value is -1.26. The normalized spacial score (nSPS) is 9.79. The highest BCUT2D eigenvalue weighted by Crippen LogP contribution is 1.98. The molecule has 0 atom stereocenters. The molecule has 0 unspecified atom stereocenters. The summed E-state index contributed by atoms with van der Waals surface area (Å²) in [6, 6.07) is -0.270. The van der Waals surface area contributed by atoms with Gasteiger partial charge >= 0.3 is 12.0 Å². The molecule has 0 saturated carbocycles. The average molecular weight is 202 g/mol. The van der Waals surface area contributed by atoms with E-state index in [4.69, 9.17) is 0 Å². The van der Waals surface area contributed by atoms with Crippen LogP contribution in [-0.4, -0.2) is 43.1 Å². The molecule has 0 rings (SSSR count). The number of esters is 1. The van der Waals surface area contributed by atoms with Crippen molar-refractivity contribution in [3.63, 3.8) is 0 Å². The monoisotopic (exact) mass is 202 g/mol. The summed E-state index contributed by atoms with van der Waals surface area (Å²) in [6.07, 6.45) is 0. The van der Waals surface area contributed by atoms with Crippen molar-refractivity contribution >= 4 is 12.0 Å². The van der Waals surface area contributed by atoms with Gasteiger partial charge in [-0.1, -0.05) is 0 Å². The molecule has 0 fully saturated rings. The first-order valence-electron chi connectivity index (χ1n) is 4.64. The Balaban J connectivity index is 4.29. The SMILES string of the molecule is CCNC(=O)N(CC(=O)OC)C(C)C. The van der Waals surface area contributed by atoms with E-state index in [1.807, 2.05) is 20.8 Å². The molecule has 0 bridgehead atoms. The van der Waals surface area contributed by atoms with Crippen molar-refractivity contribution in [2.75, 3.05) is 20.2 Å². The number of nitrogens with zero attached hydrogens (tertiary/aromatic N) is 1. The van der Waals surface area contributed by atoms with Gasteiger partial charge in [0.15, 0.2) is 0 Å². The highest BCUT2D eigenvalue weighted by atomic mass is 16.5. The molecule has 0 aromatic carbocycles. The molecule has 0 aliphatic carbocycles. The number of carbonyl (C=O) groups is 2. The van der Waals surface area contributed by atoms with Crippen LogP contribution in [0.2, 0.25) is 0 Å². The third-order valence-electron chi connectivity index (χ3n) is 1.74. The van der Waals surface area contributed by atoms with Gasteiger partial charge in [-0.15, -0.1) is 0 Å². The molecule has 2 amide bonds. The maximum Gasteiger partial charge on any atom is 0.325 e. The van der Waals surface area contributed by atoms with Gasteiger partial charge in [0, 0.05) is 12.6 Å². The van der Waals surface area contributed by atoms with Gasteiger partial charge in [-0.3, -0.25) is 4.79 Å². The Morgan fingerprint density at radius 3 is 2.36 bits per heavy atom. The molecule has 14 heavy (non-hydrogen) atoms. The van der Waals surface area contributed by atoms with Crippen molar-refractivity contribution < 1.29 is 14.3 Å². The van der Waals surface area contributed by atoms with Crippen molar-refractivity contribution in [1.82, 2.24) is 10.2 Å². The van der Waals surface area contributed by atoms with Crippen molar-refractivity contribution in [3.8, 4) is 0 Å². The van der Waals surface area contributed by atoms with Crippen molar-refractivity contribution in [2.24, 2.45) is 0 Å². The lowest BCUT2D eigenvalue weighted by molar-refractivity contribution is -0.141. The largest absolute Gasteiger partial charge is 0.468 e. The van der Waals surface area contributed by atoms with Crippen LogP contribution in [0.3, 0.4) is 0 Å². The molecule has 0 spiro atoms. The zero-order valence-electron chi connectivity index (χ0n) is 9.16. The number of amides is 2. The summed E-state index contributed by atoms with van der Waals surface area (Å²) < 4.78 is 4.50. The van der Waals surface area contributed by atoms with Crippen LogP contribution in [0.15, 0.2) is 0 Å². The van der Waals surface area contributed by atoms with Gasteiger partial charge in [-0.05, 0) is 20.8 Å². The Bertz CT molecular complexity index is 204. The van der Waals surface area contributed by atoms with Gasteiger partial charge in [-0.25, -0.2) is 4.79 Å². The summed E-state index contributed by atoms with van der Waals surface area (Å²) in [4.78, 5) is 23.9. The predicted molar refractivity (Wildman–Crippen MR) is 52.9 cm³/mol. The molecule has 0 aromatic rings. The van der Waals surface area contributed by atoms with Crippen LogP contribution in [0.5, 0.6) is 0 Å². The molecule has 82 valence electrons. The minimum absolute atomic E-state index is 0.0139. The smallest absolute Gasteiger partial charge is 0.325 e. The molecule has 0 aliphatic heterocycles. The number of urea groups is 1. The number of methoxy groups -OCH3 is 1. The highest BCUT2D eigenvalue weighted by Gasteiger charge is 2.19. The van der Waals surface area contributed by atoms with Crippen LogP contribution in [0.1, 0.15) is 20.8 Å². The summed E-state index contributed by atoms with van der Waals surface area (Å²) in [6.45, 7) is 6.05. The predicted octanol–water partition coefficient (Wildman–Crippen LogP) is 0.599. The molecule has 0 aromatic heterocycles. The maximum atomic E-state index is 11.4. The van der Waals surface area contributed by atoms with Crippen LogP contribution < -0.4 is 5.32 Å². The van der Waals surface area contributed by atoms with E-state index in [1.54, 1.807) is 0 Å². The number of hydrogen-bond donors (Lipinski definition) is 1. The van der Waals surface area contributed by atoms with E-state index in [9.17, 15) is 9.59 Å². The third-order valence-corrected chi connectivity index (χ3v) is 1.74. The van der Waals surface area contributed by atoms with Gasteiger partial charge < -0.3 is 15.0 Å². The van der Waals surface area contributed by atoms with E-state index >= 15 is 0 Å². The van der Waals surface area contributed by atoms with Gasteiger partial charge in [0.1, 0.15) is 6.54 Å². The fraction of sp³-hybridized carbons (Fsp3) is 0.778.